The second-order valence-electron chi connectivity index (χ2n) is 4.63. The van der Waals surface area contributed by atoms with Gasteiger partial charge in [0.2, 0.25) is 0 Å². The molecule has 17 heavy (non-hydrogen) atoms. The Bertz CT molecular complexity index is 474. The fraction of sp³-hybridized carbons (Fsp3) is 0.500. The van der Waals surface area contributed by atoms with Gasteiger partial charge in [0.25, 0.3) is 0 Å². The Labute approximate surface area is 106 Å². The van der Waals surface area contributed by atoms with E-state index in [1.54, 1.807) is 13.0 Å². The summed E-state index contributed by atoms with van der Waals surface area (Å²) in [5.41, 5.74) is 7.18. The van der Waals surface area contributed by atoms with Gasteiger partial charge in [-0.15, -0.1) is 0 Å². The Morgan fingerprint density at radius 1 is 1.65 bits per heavy atom. The highest BCUT2D eigenvalue weighted by atomic mass is 35.5. The minimum absolute atomic E-state index is 0.118. The molecule has 90 valence electrons. The van der Waals surface area contributed by atoms with Crippen molar-refractivity contribution in [3.63, 3.8) is 0 Å². The predicted octanol–water partition coefficient (Wildman–Crippen LogP) is 2.21. The molecule has 2 rings (SSSR count). The van der Waals surface area contributed by atoms with Crippen LogP contribution >= 0.6 is 11.6 Å². The fourth-order valence-electron chi connectivity index (χ4n) is 1.89. The number of aromatic nitrogens is 1. The van der Waals surface area contributed by atoms with Crippen LogP contribution in [0.2, 0.25) is 5.02 Å². The number of nitriles is 1. The normalized spacial score (nSPS) is 17.1. The van der Waals surface area contributed by atoms with E-state index in [2.05, 4.69) is 16.4 Å². The van der Waals surface area contributed by atoms with Crippen LogP contribution < -0.4 is 11.1 Å². The summed E-state index contributed by atoms with van der Waals surface area (Å²) in [6.07, 6.45) is 3.26. The number of rotatable bonds is 3. The molecule has 0 amide bonds. The number of hydrogen-bond donors (Lipinski definition) is 2. The molecule has 1 aliphatic rings. The van der Waals surface area contributed by atoms with Crippen LogP contribution in [-0.4, -0.2) is 17.1 Å². The maximum Gasteiger partial charge on any atom is 0.145 e. The second kappa shape index (κ2) is 4.52. The molecule has 1 aromatic heterocycles. The van der Waals surface area contributed by atoms with Crippen LogP contribution in [0.15, 0.2) is 6.07 Å². The first-order valence-corrected chi connectivity index (χ1v) is 6.02. The number of nitrogens with zero attached hydrogens (tertiary/aromatic N) is 2. The van der Waals surface area contributed by atoms with E-state index in [1.807, 2.05) is 0 Å². The van der Waals surface area contributed by atoms with Crippen molar-refractivity contribution in [2.45, 2.75) is 31.7 Å². The van der Waals surface area contributed by atoms with Crippen molar-refractivity contribution in [2.75, 3.05) is 11.9 Å². The van der Waals surface area contributed by atoms with Crippen molar-refractivity contribution in [1.29, 1.82) is 5.26 Å². The number of hydrogen-bond acceptors (Lipinski definition) is 4. The van der Waals surface area contributed by atoms with Crippen LogP contribution in [-0.2, 0) is 0 Å². The highest BCUT2D eigenvalue weighted by Gasteiger charge is 2.32. The number of nitrogens with one attached hydrogen (secondary N) is 1. The summed E-state index contributed by atoms with van der Waals surface area (Å²) in [4.78, 5) is 4.28. The first kappa shape index (κ1) is 12.2. The molecule has 1 aromatic rings. The van der Waals surface area contributed by atoms with Crippen LogP contribution in [0.5, 0.6) is 0 Å². The van der Waals surface area contributed by atoms with Crippen molar-refractivity contribution < 1.29 is 0 Å². The predicted molar refractivity (Wildman–Crippen MR) is 68.0 cm³/mol. The molecule has 0 saturated heterocycles. The standard InChI is InChI=1S/C12H15ClN4/c1-8-9(6-14)5-10(13)11(17-8)16-7-12(15)3-2-4-12/h5H,2-4,7,15H2,1H3,(H,16,17). The zero-order valence-corrected chi connectivity index (χ0v) is 10.5. The smallest absolute Gasteiger partial charge is 0.145 e. The fourth-order valence-corrected chi connectivity index (χ4v) is 2.10. The molecular weight excluding hydrogens is 236 g/mol. The molecule has 5 heteroatoms. The van der Waals surface area contributed by atoms with Crippen molar-refractivity contribution in [1.82, 2.24) is 4.98 Å². The van der Waals surface area contributed by atoms with Crippen LogP contribution in [0.1, 0.15) is 30.5 Å². The third-order valence-electron chi connectivity index (χ3n) is 3.24. The highest BCUT2D eigenvalue weighted by Crippen LogP contribution is 2.30. The molecule has 0 radical (unpaired) electrons. The van der Waals surface area contributed by atoms with Gasteiger partial charge in [-0.25, -0.2) is 4.98 Å². The molecule has 0 aliphatic heterocycles. The molecule has 4 nitrogen and oxygen atoms in total. The molecule has 0 bridgehead atoms. The van der Waals surface area contributed by atoms with Crippen molar-refractivity contribution >= 4 is 17.4 Å². The van der Waals surface area contributed by atoms with Gasteiger partial charge in [0.1, 0.15) is 11.9 Å². The summed E-state index contributed by atoms with van der Waals surface area (Å²) in [5, 5.41) is 12.5. The quantitative estimate of drug-likeness (QED) is 0.863. The van der Waals surface area contributed by atoms with Crippen molar-refractivity contribution in [3.05, 3.63) is 22.3 Å². The summed E-state index contributed by atoms with van der Waals surface area (Å²) in [6, 6.07) is 3.69. The minimum Gasteiger partial charge on any atom is -0.367 e. The van der Waals surface area contributed by atoms with Gasteiger partial charge in [-0.05, 0) is 32.3 Å². The number of aryl methyl sites for hydroxylation is 1. The maximum absolute atomic E-state index is 8.85. The third-order valence-corrected chi connectivity index (χ3v) is 3.53. The SMILES string of the molecule is Cc1nc(NCC2(N)CCC2)c(Cl)cc1C#N. The molecule has 0 unspecified atom stereocenters. The number of anilines is 1. The molecule has 0 atom stereocenters. The lowest BCUT2D eigenvalue weighted by molar-refractivity contribution is 0.265. The van der Waals surface area contributed by atoms with Crippen LogP contribution in [0.25, 0.3) is 0 Å². The average Bonchev–Trinajstić information content (AvgIpc) is 2.27. The maximum atomic E-state index is 8.85. The lowest BCUT2D eigenvalue weighted by Crippen LogP contribution is -2.52. The molecule has 0 aromatic carbocycles. The number of halogens is 1. The first-order chi connectivity index (χ1) is 8.04. The summed E-state index contributed by atoms with van der Waals surface area (Å²) in [7, 11) is 0. The Morgan fingerprint density at radius 3 is 2.88 bits per heavy atom. The highest BCUT2D eigenvalue weighted by molar-refractivity contribution is 6.33. The van der Waals surface area contributed by atoms with Gasteiger partial charge in [0.05, 0.1) is 16.3 Å². The van der Waals surface area contributed by atoms with Gasteiger partial charge >= 0.3 is 0 Å². The number of nitrogens with two attached hydrogens (primary N) is 1. The van der Waals surface area contributed by atoms with E-state index in [0.717, 1.165) is 12.8 Å². The zero-order chi connectivity index (χ0) is 12.5. The second-order valence-corrected chi connectivity index (χ2v) is 5.04. The van der Waals surface area contributed by atoms with E-state index in [1.165, 1.54) is 6.42 Å². The van der Waals surface area contributed by atoms with E-state index in [0.29, 0.717) is 28.6 Å². The monoisotopic (exact) mass is 250 g/mol. The lowest BCUT2D eigenvalue weighted by atomic mass is 9.78. The molecule has 1 heterocycles. The van der Waals surface area contributed by atoms with Crippen molar-refractivity contribution in [2.24, 2.45) is 5.73 Å². The summed E-state index contributed by atoms with van der Waals surface area (Å²) >= 11 is 6.05. The summed E-state index contributed by atoms with van der Waals surface area (Å²) in [6.45, 7) is 2.46. The summed E-state index contributed by atoms with van der Waals surface area (Å²) in [5.74, 6) is 0.611. The first-order valence-electron chi connectivity index (χ1n) is 5.64. The molecule has 0 spiro atoms. The molecule has 1 saturated carbocycles. The lowest BCUT2D eigenvalue weighted by Gasteiger charge is -2.38. The van der Waals surface area contributed by atoms with E-state index >= 15 is 0 Å². The van der Waals surface area contributed by atoms with Gasteiger partial charge in [-0.3, -0.25) is 0 Å². The molecule has 1 fully saturated rings. The molecular formula is C12H15ClN4. The van der Waals surface area contributed by atoms with Crippen molar-refractivity contribution in [3.8, 4) is 6.07 Å². The third kappa shape index (κ3) is 2.51. The van der Waals surface area contributed by atoms with E-state index < -0.39 is 0 Å². The Morgan fingerprint density at radius 2 is 2.35 bits per heavy atom. The largest absolute Gasteiger partial charge is 0.367 e. The zero-order valence-electron chi connectivity index (χ0n) is 9.76. The number of pyridine rings is 1. The Balaban J connectivity index is 2.11. The van der Waals surface area contributed by atoms with E-state index in [-0.39, 0.29) is 5.54 Å². The molecule has 1 aliphatic carbocycles. The Hall–Kier alpha value is -1.31. The van der Waals surface area contributed by atoms with Gasteiger partial charge < -0.3 is 11.1 Å². The van der Waals surface area contributed by atoms with Gasteiger partial charge in [0, 0.05) is 12.1 Å². The summed E-state index contributed by atoms with van der Waals surface area (Å²) < 4.78 is 0. The van der Waals surface area contributed by atoms with Crippen LogP contribution in [0.3, 0.4) is 0 Å². The van der Waals surface area contributed by atoms with Gasteiger partial charge in [-0.1, -0.05) is 11.6 Å². The van der Waals surface area contributed by atoms with Gasteiger partial charge in [0.15, 0.2) is 0 Å². The van der Waals surface area contributed by atoms with Gasteiger partial charge in [-0.2, -0.15) is 5.26 Å². The minimum atomic E-state index is -0.118. The van der Waals surface area contributed by atoms with Crippen LogP contribution in [0, 0.1) is 18.3 Å². The van der Waals surface area contributed by atoms with E-state index in [9.17, 15) is 0 Å². The average molecular weight is 251 g/mol. The Kier molecular flexibility index (Phi) is 3.23. The van der Waals surface area contributed by atoms with Crippen LogP contribution in [0.4, 0.5) is 5.82 Å². The topological polar surface area (TPSA) is 74.7 Å². The molecule has 3 N–H and O–H groups in total. The van der Waals surface area contributed by atoms with E-state index in [4.69, 9.17) is 22.6 Å².